The van der Waals surface area contributed by atoms with Gasteiger partial charge in [-0.05, 0) is 49.4 Å². The van der Waals surface area contributed by atoms with E-state index in [0.29, 0.717) is 10.2 Å². The van der Waals surface area contributed by atoms with E-state index in [9.17, 15) is 14.0 Å². The SMILES string of the molecule is CC(OC(=O)c1ccccc1Oc1cccnc1)C(=O)Nc1ccc(Br)cc1F. The van der Waals surface area contributed by atoms with Crippen LogP contribution in [0.3, 0.4) is 0 Å². The summed E-state index contributed by atoms with van der Waals surface area (Å²) >= 11 is 3.14. The van der Waals surface area contributed by atoms with Crippen molar-refractivity contribution >= 4 is 33.5 Å². The minimum Gasteiger partial charge on any atom is -0.455 e. The molecule has 1 amide bonds. The molecular formula is C21H16BrFN2O4. The van der Waals surface area contributed by atoms with Crippen molar-refractivity contribution in [2.45, 2.75) is 13.0 Å². The number of pyridine rings is 1. The fourth-order valence-corrected chi connectivity index (χ4v) is 2.69. The highest BCUT2D eigenvalue weighted by Gasteiger charge is 2.22. The van der Waals surface area contributed by atoms with E-state index in [1.54, 1.807) is 42.6 Å². The predicted octanol–water partition coefficient (Wildman–Crippen LogP) is 4.96. The maximum absolute atomic E-state index is 13.9. The molecule has 0 aliphatic rings. The number of ether oxygens (including phenoxy) is 2. The lowest BCUT2D eigenvalue weighted by Gasteiger charge is -2.15. The Balaban J connectivity index is 1.69. The first-order valence-electron chi connectivity index (χ1n) is 8.58. The molecule has 3 rings (SSSR count). The van der Waals surface area contributed by atoms with Gasteiger partial charge in [-0.15, -0.1) is 0 Å². The van der Waals surface area contributed by atoms with Crippen LogP contribution >= 0.6 is 15.9 Å². The molecule has 1 unspecified atom stereocenters. The van der Waals surface area contributed by atoms with Crippen molar-refractivity contribution in [1.82, 2.24) is 4.98 Å². The predicted molar refractivity (Wildman–Crippen MR) is 108 cm³/mol. The van der Waals surface area contributed by atoms with Crippen LogP contribution in [0.4, 0.5) is 10.1 Å². The molecule has 0 aliphatic carbocycles. The Morgan fingerprint density at radius 1 is 1.14 bits per heavy atom. The molecule has 1 heterocycles. The average Bonchev–Trinajstić information content (AvgIpc) is 2.71. The van der Waals surface area contributed by atoms with Gasteiger partial charge in [-0.1, -0.05) is 28.1 Å². The Bertz CT molecular complexity index is 1030. The van der Waals surface area contributed by atoms with E-state index < -0.39 is 23.8 Å². The molecule has 0 spiro atoms. The number of hydrogen-bond acceptors (Lipinski definition) is 5. The minimum absolute atomic E-state index is 0.0126. The van der Waals surface area contributed by atoms with Gasteiger partial charge in [0.25, 0.3) is 5.91 Å². The molecule has 0 radical (unpaired) electrons. The van der Waals surface area contributed by atoms with Gasteiger partial charge in [-0.25, -0.2) is 9.18 Å². The first kappa shape index (κ1) is 20.5. The second-order valence-electron chi connectivity index (χ2n) is 5.95. The number of aromatic nitrogens is 1. The number of benzene rings is 2. The number of para-hydroxylation sites is 1. The highest BCUT2D eigenvalue weighted by molar-refractivity contribution is 9.10. The van der Waals surface area contributed by atoms with Crippen LogP contribution in [0.15, 0.2) is 71.5 Å². The monoisotopic (exact) mass is 458 g/mol. The lowest BCUT2D eigenvalue weighted by atomic mass is 10.2. The third-order valence-electron chi connectivity index (χ3n) is 3.81. The van der Waals surface area contributed by atoms with Gasteiger partial charge in [0.05, 0.1) is 11.9 Å². The summed E-state index contributed by atoms with van der Waals surface area (Å²) < 4.78 is 25.3. The molecule has 3 aromatic rings. The first-order chi connectivity index (χ1) is 13.9. The summed E-state index contributed by atoms with van der Waals surface area (Å²) in [5.74, 6) is -1.31. The van der Waals surface area contributed by atoms with Gasteiger partial charge in [-0.3, -0.25) is 9.78 Å². The van der Waals surface area contributed by atoms with Crippen LogP contribution in [-0.2, 0) is 9.53 Å². The number of anilines is 1. The van der Waals surface area contributed by atoms with Crippen LogP contribution < -0.4 is 10.1 Å². The van der Waals surface area contributed by atoms with Crippen LogP contribution in [0.25, 0.3) is 0 Å². The Hall–Kier alpha value is -3.26. The number of halogens is 2. The summed E-state index contributed by atoms with van der Waals surface area (Å²) in [6.45, 7) is 1.40. The van der Waals surface area contributed by atoms with Crippen LogP contribution in [0.1, 0.15) is 17.3 Å². The second-order valence-corrected chi connectivity index (χ2v) is 6.86. The summed E-state index contributed by atoms with van der Waals surface area (Å²) in [5.41, 5.74) is 0.132. The fraction of sp³-hybridized carbons (Fsp3) is 0.0952. The standard InChI is InChI=1S/C21H16BrFN2O4/c1-13(20(26)25-18-9-8-14(22)11-17(18)23)28-21(27)16-6-2-3-7-19(16)29-15-5-4-10-24-12-15/h2-13H,1H3,(H,25,26). The van der Waals surface area contributed by atoms with Gasteiger partial charge in [0, 0.05) is 10.7 Å². The van der Waals surface area contributed by atoms with Crippen LogP contribution in [0.5, 0.6) is 11.5 Å². The normalized spacial score (nSPS) is 11.4. The topological polar surface area (TPSA) is 77.5 Å². The smallest absolute Gasteiger partial charge is 0.342 e. The maximum Gasteiger partial charge on any atom is 0.342 e. The lowest BCUT2D eigenvalue weighted by Crippen LogP contribution is -2.30. The van der Waals surface area contributed by atoms with Gasteiger partial charge >= 0.3 is 5.97 Å². The first-order valence-corrected chi connectivity index (χ1v) is 9.37. The molecule has 0 saturated heterocycles. The highest BCUT2D eigenvalue weighted by atomic mass is 79.9. The van der Waals surface area contributed by atoms with E-state index in [2.05, 4.69) is 26.2 Å². The largest absolute Gasteiger partial charge is 0.455 e. The van der Waals surface area contributed by atoms with Gasteiger partial charge in [0.1, 0.15) is 22.9 Å². The Morgan fingerprint density at radius 2 is 1.93 bits per heavy atom. The number of nitrogens with zero attached hydrogens (tertiary/aromatic N) is 1. The quantitative estimate of drug-likeness (QED) is 0.528. The summed E-state index contributed by atoms with van der Waals surface area (Å²) in [6.07, 6.45) is 1.95. The molecule has 0 aliphatic heterocycles. The van der Waals surface area contributed by atoms with Crippen LogP contribution in [0, 0.1) is 5.82 Å². The van der Waals surface area contributed by atoms with Crippen molar-refractivity contribution in [3.8, 4) is 11.5 Å². The number of esters is 1. The number of rotatable bonds is 6. The number of hydrogen-bond donors (Lipinski definition) is 1. The molecule has 0 fully saturated rings. The van der Waals surface area contributed by atoms with Gasteiger partial charge in [0.15, 0.2) is 6.10 Å². The lowest BCUT2D eigenvalue weighted by molar-refractivity contribution is -0.123. The summed E-state index contributed by atoms with van der Waals surface area (Å²) in [6, 6.07) is 14.1. The van der Waals surface area contributed by atoms with Crippen LogP contribution in [0.2, 0.25) is 0 Å². The number of carbonyl (C=O) groups is 2. The van der Waals surface area contributed by atoms with E-state index >= 15 is 0 Å². The second kappa shape index (κ2) is 9.29. The molecule has 6 nitrogen and oxygen atoms in total. The molecule has 1 aromatic heterocycles. The summed E-state index contributed by atoms with van der Waals surface area (Å²) in [4.78, 5) is 28.8. The molecule has 8 heteroatoms. The zero-order valence-corrected chi connectivity index (χ0v) is 16.9. The van der Waals surface area contributed by atoms with E-state index in [1.807, 2.05) is 0 Å². The van der Waals surface area contributed by atoms with Gasteiger partial charge in [0.2, 0.25) is 0 Å². The van der Waals surface area contributed by atoms with Crippen LogP contribution in [-0.4, -0.2) is 23.0 Å². The highest BCUT2D eigenvalue weighted by Crippen LogP contribution is 2.26. The zero-order chi connectivity index (χ0) is 20.8. The van der Waals surface area contributed by atoms with E-state index in [4.69, 9.17) is 9.47 Å². The third kappa shape index (κ3) is 5.39. The van der Waals surface area contributed by atoms with E-state index in [0.717, 1.165) is 0 Å². The van der Waals surface area contributed by atoms with Crippen molar-refractivity contribution < 1.29 is 23.5 Å². The Labute approximate surface area is 174 Å². The number of amides is 1. The van der Waals surface area contributed by atoms with Crippen molar-refractivity contribution in [2.24, 2.45) is 0 Å². The molecular weight excluding hydrogens is 443 g/mol. The Morgan fingerprint density at radius 3 is 2.66 bits per heavy atom. The van der Waals surface area contributed by atoms with Gasteiger partial charge in [-0.2, -0.15) is 0 Å². The fourth-order valence-electron chi connectivity index (χ4n) is 2.36. The van der Waals surface area contributed by atoms with Crippen molar-refractivity contribution in [1.29, 1.82) is 0 Å². The molecule has 29 heavy (non-hydrogen) atoms. The molecule has 148 valence electrons. The molecule has 0 bridgehead atoms. The van der Waals surface area contributed by atoms with Gasteiger partial charge < -0.3 is 14.8 Å². The van der Waals surface area contributed by atoms with Crippen molar-refractivity contribution in [2.75, 3.05) is 5.32 Å². The minimum atomic E-state index is -1.16. The van der Waals surface area contributed by atoms with Crippen molar-refractivity contribution in [3.63, 3.8) is 0 Å². The average molecular weight is 459 g/mol. The molecule has 1 atom stereocenters. The third-order valence-corrected chi connectivity index (χ3v) is 4.30. The molecule has 0 saturated carbocycles. The van der Waals surface area contributed by atoms with Crippen molar-refractivity contribution in [3.05, 3.63) is 82.8 Å². The molecule has 2 aromatic carbocycles. The zero-order valence-electron chi connectivity index (χ0n) is 15.3. The summed E-state index contributed by atoms with van der Waals surface area (Å²) in [7, 11) is 0. The molecule has 1 N–H and O–H groups in total. The number of carbonyl (C=O) groups excluding carboxylic acids is 2. The number of nitrogens with one attached hydrogen (secondary N) is 1. The maximum atomic E-state index is 13.9. The van der Waals surface area contributed by atoms with E-state index in [1.165, 1.54) is 31.3 Å². The van der Waals surface area contributed by atoms with E-state index in [-0.39, 0.29) is 17.0 Å². The summed E-state index contributed by atoms with van der Waals surface area (Å²) in [5, 5.41) is 2.40. The Kier molecular flexibility index (Phi) is 6.56.